The Morgan fingerprint density at radius 2 is 2.05 bits per heavy atom. The summed E-state index contributed by atoms with van der Waals surface area (Å²) in [5.74, 6) is 1.35. The van der Waals surface area contributed by atoms with Crippen LogP contribution in [0.2, 0.25) is 0 Å². The number of ether oxygens (including phenoxy) is 1. The summed E-state index contributed by atoms with van der Waals surface area (Å²) in [4.78, 5) is 4.51. The number of alkyl halides is 1. The molecule has 2 aromatic carbocycles. The fourth-order valence-corrected chi connectivity index (χ4v) is 2.59. The summed E-state index contributed by atoms with van der Waals surface area (Å²) in [6.07, 6.45) is 0. The van der Waals surface area contributed by atoms with Gasteiger partial charge in [0, 0.05) is 6.07 Å². The van der Waals surface area contributed by atoms with Crippen LogP contribution in [-0.2, 0) is 5.88 Å². The van der Waals surface area contributed by atoms with Crippen LogP contribution in [-0.4, -0.2) is 16.7 Å². The number of nitrogens with zero attached hydrogens (tertiary/aromatic N) is 2. The van der Waals surface area contributed by atoms with E-state index in [9.17, 15) is 4.39 Å². The van der Waals surface area contributed by atoms with Gasteiger partial charge in [-0.3, -0.25) is 4.57 Å². The molecule has 0 unspecified atom stereocenters. The predicted octanol–water partition coefficient (Wildman–Crippen LogP) is 4.22. The number of methoxy groups -OCH3 is 1. The average Bonchev–Trinajstić information content (AvgIpc) is 2.87. The van der Waals surface area contributed by atoms with Crippen molar-refractivity contribution in [2.24, 2.45) is 0 Å². The van der Waals surface area contributed by atoms with E-state index >= 15 is 0 Å². The van der Waals surface area contributed by atoms with Crippen molar-refractivity contribution >= 4 is 22.6 Å². The van der Waals surface area contributed by atoms with Gasteiger partial charge in [0.25, 0.3) is 0 Å². The van der Waals surface area contributed by atoms with Gasteiger partial charge in [0.2, 0.25) is 0 Å². The van der Waals surface area contributed by atoms with E-state index < -0.39 is 0 Å². The monoisotopic (exact) mass is 304 g/mol. The quantitative estimate of drug-likeness (QED) is 0.677. The minimum Gasteiger partial charge on any atom is -0.497 e. The first-order chi connectivity index (χ1) is 10.1. The number of rotatable bonds is 3. The lowest BCUT2D eigenvalue weighted by atomic mass is 10.2. The molecule has 5 heteroatoms. The van der Waals surface area contributed by atoms with Crippen molar-refractivity contribution in [3.63, 3.8) is 0 Å². The summed E-state index contributed by atoms with van der Waals surface area (Å²) in [5.41, 5.74) is 3.33. The Kier molecular flexibility index (Phi) is 3.55. The van der Waals surface area contributed by atoms with E-state index in [1.54, 1.807) is 13.2 Å². The Balaban J connectivity index is 2.36. The summed E-state index contributed by atoms with van der Waals surface area (Å²) in [6.45, 7) is 1.93. The Morgan fingerprint density at radius 1 is 1.24 bits per heavy atom. The summed E-state index contributed by atoms with van der Waals surface area (Å²) in [5, 5.41) is 0. The molecule has 0 N–H and O–H groups in total. The summed E-state index contributed by atoms with van der Waals surface area (Å²) in [6, 6.07) is 10.3. The van der Waals surface area contributed by atoms with E-state index in [1.165, 1.54) is 12.1 Å². The standard InChI is InChI=1S/C16H14ClFN2O/c1-10-3-4-11(18)7-14(10)20-15-8-12(21-2)5-6-13(15)19-16(20)9-17/h3-8H,9H2,1-2H3. The molecule has 0 aliphatic rings. The number of hydrogen-bond acceptors (Lipinski definition) is 2. The Labute approximate surface area is 126 Å². The van der Waals surface area contributed by atoms with Crippen LogP contribution in [0.4, 0.5) is 4.39 Å². The molecule has 0 aliphatic heterocycles. The van der Waals surface area contributed by atoms with E-state index in [4.69, 9.17) is 16.3 Å². The van der Waals surface area contributed by atoms with Gasteiger partial charge in [-0.25, -0.2) is 9.37 Å². The normalized spacial score (nSPS) is 11.0. The zero-order valence-electron chi connectivity index (χ0n) is 11.7. The number of benzene rings is 2. The van der Waals surface area contributed by atoms with E-state index in [0.717, 1.165) is 28.0 Å². The van der Waals surface area contributed by atoms with Gasteiger partial charge in [-0.1, -0.05) is 6.07 Å². The molecule has 3 rings (SSSR count). The van der Waals surface area contributed by atoms with Gasteiger partial charge in [0.15, 0.2) is 0 Å². The fourth-order valence-electron chi connectivity index (χ4n) is 2.41. The number of aromatic nitrogens is 2. The SMILES string of the molecule is COc1ccc2nc(CCl)n(-c3cc(F)ccc3C)c2c1. The predicted molar refractivity (Wildman–Crippen MR) is 81.9 cm³/mol. The van der Waals surface area contributed by atoms with E-state index in [1.807, 2.05) is 29.7 Å². The molecule has 1 aromatic heterocycles. The highest BCUT2D eigenvalue weighted by atomic mass is 35.5. The smallest absolute Gasteiger partial charge is 0.129 e. The third-order valence-electron chi connectivity index (χ3n) is 3.46. The molecule has 0 fully saturated rings. The maximum Gasteiger partial charge on any atom is 0.129 e. The van der Waals surface area contributed by atoms with Gasteiger partial charge in [0.05, 0.1) is 29.7 Å². The Bertz CT molecular complexity index is 813. The topological polar surface area (TPSA) is 27.1 Å². The molecule has 0 radical (unpaired) electrons. The number of imidazole rings is 1. The highest BCUT2D eigenvalue weighted by Crippen LogP contribution is 2.28. The summed E-state index contributed by atoms with van der Waals surface area (Å²) in [7, 11) is 1.61. The molecule has 3 nitrogen and oxygen atoms in total. The van der Waals surface area contributed by atoms with Crippen molar-refractivity contribution in [1.29, 1.82) is 0 Å². The third kappa shape index (κ3) is 2.36. The van der Waals surface area contributed by atoms with Crippen molar-refractivity contribution in [3.05, 3.63) is 53.6 Å². The van der Waals surface area contributed by atoms with Crippen LogP contribution in [0.15, 0.2) is 36.4 Å². The van der Waals surface area contributed by atoms with Crippen molar-refractivity contribution in [3.8, 4) is 11.4 Å². The second-order valence-electron chi connectivity index (χ2n) is 4.78. The molecule has 1 heterocycles. The van der Waals surface area contributed by atoms with E-state index in [-0.39, 0.29) is 11.7 Å². The molecule has 108 valence electrons. The van der Waals surface area contributed by atoms with E-state index in [2.05, 4.69) is 4.98 Å². The zero-order valence-corrected chi connectivity index (χ0v) is 12.5. The molecule has 21 heavy (non-hydrogen) atoms. The first kappa shape index (κ1) is 13.9. The van der Waals surface area contributed by atoms with Crippen LogP contribution >= 0.6 is 11.6 Å². The second-order valence-corrected chi connectivity index (χ2v) is 5.05. The van der Waals surface area contributed by atoms with Gasteiger partial charge < -0.3 is 4.74 Å². The van der Waals surface area contributed by atoms with Crippen LogP contribution < -0.4 is 4.74 Å². The van der Waals surface area contributed by atoms with Crippen LogP contribution in [0.3, 0.4) is 0 Å². The van der Waals surface area contributed by atoms with Gasteiger partial charge in [-0.15, -0.1) is 11.6 Å². The number of aryl methyl sites for hydroxylation is 1. The van der Waals surface area contributed by atoms with Crippen LogP contribution in [0, 0.1) is 12.7 Å². The number of halogens is 2. The minimum absolute atomic E-state index is 0.243. The molecule has 3 aromatic rings. The summed E-state index contributed by atoms with van der Waals surface area (Å²) >= 11 is 6.01. The molecule has 0 aliphatic carbocycles. The van der Waals surface area contributed by atoms with Crippen molar-refractivity contribution in [1.82, 2.24) is 9.55 Å². The van der Waals surface area contributed by atoms with Crippen molar-refractivity contribution in [2.45, 2.75) is 12.8 Å². The fraction of sp³-hybridized carbons (Fsp3) is 0.188. The minimum atomic E-state index is -0.291. The molecule has 0 saturated heterocycles. The maximum atomic E-state index is 13.6. The lowest BCUT2D eigenvalue weighted by Crippen LogP contribution is -2.02. The largest absolute Gasteiger partial charge is 0.497 e. The van der Waals surface area contributed by atoms with Crippen molar-refractivity contribution < 1.29 is 9.13 Å². The van der Waals surface area contributed by atoms with E-state index in [0.29, 0.717) is 5.82 Å². The first-order valence-corrected chi connectivity index (χ1v) is 7.05. The molecule has 0 spiro atoms. The summed E-state index contributed by atoms with van der Waals surface area (Å²) < 4.78 is 20.8. The Morgan fingerprint density at radius 3 is 2.76 bits per heavy atom. The molecular formula is C16H14ClFN2O. The van der Waals surface area contributed by atoms with Crippen LogP contribution in [0.1, 0.15) is 11.4 Å². The van der Waals surface area contributed by atoms with Crippen molar-refractivity contribution in [2.75, 3.05) is 7.11 Å². The molecule has 0 atom stereocenters. The maximum absolute atomic E-state index is 13.6. The molecule has 0 amide bonds. The lowest BCUT2D eigenvalue weighted by Gasteiger charge is -2.11. The Hall–Kier alpha value is -2.07. The number of hydrogen-bond donors (Lipinski definition) is 0. The molecule has 0 saturated carbocycles. The zero-order chi connectivity index (χ0) is 15.0. The number of fused-ring (bicyclic) bond motifs is 1. The average molecular weight is 305 g/mol. The highest BCUT2D eigenvalue weighted by molar-refractivity contribution is 6.17. The van der Waals surface area contributed by atoms with Gasteiger partial charge >= 0.3 is 0 Å². The molecule has 0 bridgehead atoms. The highest BCUT2D eigenvalue weighted by Gasteiger charge is 2.14. The van der Waals surface area contributed by atoms with Crippen LogP contribution in [0.25, 0.3) is 16.7 Å². The van der Waals surface area contributed by atoms with Gasteiger partial charge in [-0.2, -0.15) is 0 Å². The second kappa shape index (κ2) is 5.37. The van der Waals surface area contributed by atoms with Gasteiger partial charge in [0.1, 0.15) is 17.4 Å². The third-order valence-corrected chi connectivity index (χ3v) is 3.70. The lowest BCUT2D eigenvalue weighted by molar-refractivity contribution is 0.415. The first-order valence-electron chi connectivity index (χ1n) is 6.52. The van der Waals surface area contributed by atoms with Crippen LogP contribution in [0.5, 0.6) is 5.75 Å². The molecular weight excluding hydrogens is 291 g/mol. The van der Waals surface area contributed by atoms with Gasteiger partial charge in [-0.05, 0) is 36.8 Å².